The Morgan fingerprint density at radius 2 is 1.85 bits per heavy atom. The van der Waals surface area contributed by atoms with Gasteiger partial charge in [0.15, 0.2) is 6.61 Å². The van der Waals surface area contributed by atoms with Gasteiger partial charge in [-0.15, -0.1) is 0 Å². The highest BCUT2D eigenvalue weighted by Gasteiger charge is 2.21. The van der Waals surface area contributed by atoms with Crippen LogP contribution in [-0.4, -0.2) is 29.2 Å². The maximum absolute atomic E-state index is 12.4. The molecule has 3 rings (SSSR count). The van der Waals surface area contributed by atoms with E-state index in [1.165, 1.54) is 0 Å². The van der Waals surface area contributed by atoms with Gasteiger partial charge in [0.05, 0.1) is 7.11 Å². The third kappa shape index (κ3) is 4.22. The van der Waals surface area contributed by atoms with Gasteiger partial charge in [-0.05, 0) is 29.8 Å². The molecule has 0 spiro atoms. The average molecular weight is 351 g/mol. The number of hydrogen-bond acceptors (Lipinski definition) is 4. The van der Waals surface area contributed by atoms with Gasteiger partial charge in [0.2, 0.25) is 0 Å². The lowest BCUT2D eigenvalue weighted by atomic mass is 10.1. The molecule has 0 saturated carbocycles. The highest BCUT2D eigenvalue weighted by Crippen LogP contribution is 2.23. The minimum Gasteiger partial charge on any atom is -0.497 e. The predicted molar refractivity (Wildman–Crippen MR) is 98.1 cm³/mol. The summed E-state index contributed by atoms with van der Waals surface area (Å²) in [6, 6.07) is 16.4. The molecule has 1 amide bonds. The first-order chi connectivity index (χ1) is 12.7. The summed E-state index contributed by atoms with van der Waals surface area (Å²) < 4.78 is 12.6. The van der Waals surface area contributed by atoms with Crippen LogP contribution >= 0.6 is 0 Å². The minimum absolute atomic E-state index is 0.0684. The first-order valence-corrected chi connectivity index (χ1v) is 8.26. The third-order valence-corrected chi connectivity index (χ3v) is 3.98. The molecule has 6 heteroatoms. The lowest BCUT2D eigenvalue weighted by Crippen LogP contribution is -2.34. The van der Waals surface area contributed by atoms with Crippen LogP contribution in [0.15, 0.2) is 67.0 Å². The second-order valence-corrected chi connectivity index (χ2v) is 5.77. The molecule has 2 aromatic carbocycles. The molecule has 3 aromatic rings. The molecule has 1 atom stereocenters. The van der Waals surface area contributed by atoms with E-state index >= 15 is 0 Å². The number of rotatable bonds is 7. The summed E-state index contributed by atoms with van der Waals surface area (Å²) in [6.45, 7) is -0.0684. The number of ether oxygens (including phenoxy) is 2. The number of nitrogens with zero attached hydrogens (tertiary/aromatic N) is 2. The summed E-state index contributed by atoms with van der Waals surface area (Å²) in [5, 5.41) is 3.00. The number of imidazole rings is 1. The van der Waals surface area contributed by atoms with Crippen molar-refractivity contribution in [3.63, 3.8) is 0 Å². The molecule has 0 bridgehead atoms. The van der Waals surface area contributed by atoms with E-state index in [0.717, 1.165) is 17.1 Å². The molecule has 0 aliphatic heterocycles. The summed E-state index contributed by atoms with van der Waals surface area (Å²) >= 11 is 0. The molecular weight excluding hydrogens is 330 g/mol. The summed E-state index contributed by atoms with van der Waals surface area (Å²) in [5.74, 6) is 1.92. The maximum atomic E-state index is 12.4. The lowest BCUT2D eigenvalue weighted by molar-refractivity contribution is -0.123. The van der Waals surface area contributed by atoms with Crippen LogP contribution in [0.4, 0.5) is 0 Å². The molecule has 26 heavy (non-hydrogen) atoms. The Labute approximate surface area is 152 Å². The number of benzene rings is 2. The van der Waals surface area contributed by atoms with Gasteiger partial charge in [-0.3, -0.25) is 4.79 Å². The molecular formula is C20H21N3O3. The number of amides is 1. The molecule has 1 heterocycles. The van der Waals surface area contributed by atoms with Crippen molar-refractivity contribution in [1.29, 1.82) is 0 Å². The van der Waals surface area contributed by atoms with E-state index in [1.54, 1.807) is 13.3 Å². The van der Waals surface area contributed by atoms with E-state index < -0.39 is 0 Å². The molecule has 6 nitrogen and oxygen atoms in total. The molecule has 1 unspecified atom stereocenters. The zero-order valence-corrected chi connectivity index (χ0v) is 14.8. The zero-order valence-electron chi connectivity index (χ0n) is 14.8. The number of aryl methyl sites for hydroxylation is 1. The number of carbonyl (C=O) groups excluding carboxylic acids is 1. The second kappa shape index (κ2) is 8.20. The van der Waals surface area contributed by atoms with E-state index in [2.05, 4.69) is 10.3 Å². The lowest BCUT2D eigenvalue weighted by Gasteiger charge is -2.19. The Morgan fingerprint density at radius 3 is 2.46 bits per heavy atom. The monoisotopic (exact) mass is 351 g/mol. The maximum Gasteiger partial charge on any atom is 0.258 e. The summed E-state index contributed by atoms with van der Waals surface area (Å²) in [4.78, 5) is 16.8. The number of nitrogens with one attached hydrogen (secondary N) is 1. The topological polar surface area (TPSA) is 65.4 Å². The SMILES string of the molecule is COc1ccc(C(NC(=O)COc2ccccc2)c2nccn2C)cc1. The molecule has 134 valence electrons. The largest absolute Gasteiger partial charge is 0.497 e. The fourth-order valence-electron chi connectivity index (χ4n) is 2.62. The van der Waals surface area contributed by atoms with Crippen molar-refractivity contribution in [2.24, 2.45) is 7.05 Å². The molecule has 1 N–H and O–H groups in total. The van der Waals surface area contributed by atoms with Crippen molar-refractivity contribution in [2.75, 3.05) is 13.7 Å². The quantitative estimate of drug-likeness (QED) is 0.711. The Hall–Kier alpha value is -3.28. The minimum atomic E-state index is -0.382. The van der Waals surface area contributed by atoms with Crippen LogP contribution in [0.1, 0.15) is 17.4 Å². The van der Waals surface area contributed by atoms with Crippen LogP contribution in [0.25, 0.3) is 0 Å². The van der Waals surface area contributed by atoms with Crippen molar-refractivity contribution in [3.05, 3.63) is 78.4 Å². The number of aromatic nitrogens is 2. The normalized spacial score (nSPS) is 11.6. The van der Waals surface area contributed by atoms with E-state index in [0.29, 0.717) is 5.75 Å². The van der Waals surface area contributed by atoms with Crippen LogP contribution < -0.4 is 14.8 Å². The third-order valence-electron chi connectivity index (χ3n) is 3.98. The standard InChI is InChI=1S/C20H21N3O3/c1-23-13-12-21-20(23)19(15-8-10-16(25-2)11-9-15)22-18(24)14-26-17-6-4-3-5-7-17/h3-13,19H,14H2,1-2H3,(H,22,24). The molecule has 0 aliphatic carbocycles. The Kier molecular flexibility index (Phi) is 5.53. The number of carbonyl (C=O) groups is 1. The van der Waals surface area contributed by atoms with Gasteiger partial charge in [-0.25, -0.2) is 4.98 Å². The molecule has 0 aliphatic rings. The first-order valence-electron chi connectivity index (χ1n) is 8.26. The van der Waals surface area contributed by atoms with E-state index in [9.17, 15) is 4.79 Å². The highest BCUT2D eigenvalue weighted by atomic mass is 16.5. The van der Waals surface area contributed by atoms with Crippen LogP contribution in [0.3, 0.4) is 0 Å². The van der Waals surface area contributed by atoms with Gasteiger partial charge in [0.1, 0.15) is 23.4 Å². The Balaban J connectivity index is 1.75. The Bertz CT molecular complexity index is 844. The van der Waals surface area contributed by atoms with Gasteiger partial charge in [0.25, 0.3) is 5.91 Å². The smallest absolute Gasteiger partial charge is 0.258 e. The van der Waals surface area contributed by atoms with Crippen molar-refractivity contribution in [2.45, 2.75) is 6.04 Å². The summed E-state index contributed by atoms with van der Waals surface area (Å²) in [5.41, 5.74) is 0.910. The van der Waals surface area contributed by atoms with Gasteiger partial charge in [0, 0.05) is 19.4 Å². The van der Waals surface area contributed by atoms with Crippen molar-refractivity contribution in [1.82, 2.24) is 14.9 Å². The molecule has 1 aromatic heterocycles. The fourth-order valence-corrected chi connectivity index (χ4v) is 2.62. The number of para-hydroxylation sites is 1. The number of hydrogen-bond donors (Lipinski definition) is 1. The predicted octanol–water partition coefficient (Wildman–Crippen LogP) is 2.71. The fraction of sp³-hybridized carbons (Fsp3) is 0.200. The molecule has 0 fully saturated rings. The van der Waals surface area contributed by atoms with Gasteiger partial charge < -0.3 is 19.4 Å². The van der Waals surface area contributed by atoms with Crippen molar-refractivity contribution in [3.8, 4) is 11.5 Å². The first kappa shape index (κ1) is 17.5. The van der Waals surface area contributed by atoms with Crippen molar-refractivity contribution < 1.29 is 14.3 Å². The Morgan fingerprint density at radius 1 is 1.12 bits per heavy atom. The molecule has 0 radical (unpaired) electrons. The highest BCUT2D eigenvalue weighted by molar-refractivity contribution is 5.78. The van der Waals surface area contributed by atoms with Crippen LogP contribution in [-0.2, 0) is 11.8 Å². The second-order valence-electron chi connectivity index (χ2n) is 5.77. The molecule has 0 saturated heterocycles. The van der Waals surface area contributed by atoms with Gasteiger partial charge in [-0.2, -0.15) is 0 Å². The average Bonchev–Trinajstić information content (AvgIpc) is 3.11. The zero-order chi connectivity index (χ0) is 18.4. The van der Waals surface area contributed by atoms with Crippen molar-refractivity contribution >= 4 is 5.91 Å². The summed E-state index contributed by atoms with van der Waals surface area (Å²) in [7, 11) is 3.51. The van der Waals surface area contributed by atoms with E-state index in [1.807, 2.05) is 72.4 Å². The van der Waals surface area contributed by atoms with E-state index in [-0.39, 0.29) is 18.6 Å². The van der Waals surface area contributed by atoms with E-state index in [4.69, 9.17) is 9.47 Å². The number of methoxy groups -OCH3 is 1. The van der Waals surface area contributed by atoms with Gasteiger partial charge >= 0.3 is 0 Å². The van der Waals surface area contributed by atoms with Crippen LogP contribution in [0, 0.1) is 0 Å². The van der Waals surface area contributed by atoms with Gasteiger partial charge in [-0.1, -0.05) is 30.3 Å². The summed E-state index contributed by atoms with van der Waals surface area (Å²) in [6.07, 6.45) is 3.55. The van der Waals surface area contributed by atoms with Crippen LogP contribution in [0.5, 0.6) is 11.5 Å². The van der Waals surface area contributed by atoms with Crippen LogP contribution in [0.2, 0.25) is 0 Å².